The Bertz CT molecular complexity index is 843. The third kappa shape index (κ3) is 9.54. The molecule has 2 rings (SSSR count). The van der Waals surface area contributed by atoms with Gasteiger partial charge in [-0.25, -0.2) is 0 Å². The first-order chi connectivity index (χ1) is 14.4. The quantitative estimate of drug-likeness (QED) is 0.291. The highest BCUT2D eigenvalue weighted by atomic mass is 127. The van der Waals surface area contributed by atoms with Crippen LogP contribution in [-0.2, 0) is 17.8 Å². The van der Waals surface area contributed by atoms with Crippen molar-refractivity contribution in [3.8, 4) is 5.75 Å². The number of nitrogens with one attached hydrogen (secondary N) is 2. The van der Waals surface area contributed by atoms with Gasteiger partial charge in [0.15, 0.2) is 5.96 Å². The molecule has 2 N–H and O–H groups in total. The van der Waals surface area contributed by atoms with Crippen molar-refractivity contribution in [2.24, 2.45) is 4.99 Å². The molecule has 0 saturated carbocycles. The summed E-state index contributed by atoms with van der Waals surface area (Å²) in [7, 11) is 3.48. The van der Waals surface area contributed by atoms with Gasteiger partial charge in [0.25, 0.3) is 0 Å². The average Bonchev–Trinajstić information content (AvgIpc) is 2.73. The number of pyridine rings is 1. The number of guanidine groups is 1. The number of hydrogen-bond donors (Lipinski definition) is 2. The number of likely N-dealkylation sites (N-methyl/N-ethyl adjacent to an activating group) is 1. The van der Waals surface area contributed by atoms with Gasteiger partial charge in [-0.05, 0) is 44.5 Å². The molecule has 8 heteroatoms. The second kappa shape index (κ2) is 13.8. The van der Waals surface area contributed by atoms with Crippen LogP contribution in [0.3, 0.4) is 0 Å². The van der Waals surface area contributed by atoms with Crippen molar-refractivity contribution in [3.05, 3.63) is 59.4 Å². The Morgan fingerprint density at radius 3 is 2.65 bits per heavy atom. The van der Waals surface area contributed by atoms with Crippen molar-refractivity contribution in [3.63, 3.8) is 0 Å². The number of amides is 1. The summed E-state index contributed by atoms with van der Waals surface area (Å²) in [4.78, 5) is 22.6. The van der Waals surface area contributed by atoms with Gasteiger partial charge in [-0.2, -0.15) is 0 Å². The molecule has 31 heavy (non-hydrogen) atoms. The number of carbonyl (C=O) groups is 1. The number of carbonyl (C=O) groups excluding carboxylic acids is 1. The van der Waals surface area contributed by atoms with Crippen LogP contribution in [-0.4, -0.2) is 55.0 Å². The van der Waals surface area contributed by atoms with Gasteiger partial charge in [0.05, 0.1) is 12.6 Å². The molecule has 1 amide bonds. The molecule has 0 aliphatic heterocycles. The molecule has 170 valence electrons. The van der Waals surface area contributed by atoms with E-state index < -0.39 is 0 Å². The number of aryl methyl sites for hydroxylation is 1. The minimum Gasteiger partial charge on any atom is -0.491 e. The Morgan fingerprint density at radius 2 is 2.00 bits per heavy atom. The van der Waals surface area contributed by atoms with Crippen molar-refractivity contribution in [2.75, 3.05) is 27.2 Å². The number of aliphatic imine (C=N–C) groups is 1. The predicted molar refractivity (Wildman–Crippen MR) is 136 cm³/mol. The normalized spacial score (nSPS) is 11.0. The Hall–Kier alpha value is -2.36. The lowest BCUT2D eigenvalue weighted by Gasteiger charge is -2.19. The summed E-state index contributed by atoms with van der Waals surface area (Å²) in [6.07, 6.45) is 2.59. The molecule has 0 aliphatic rings. The maximum atomic E-state index is 12.4. The van der Waals surface area contributed by atoms with E-state index in [0.29, 0.717) is 19.0 Å². The van der Waals surface area contributed by atoms with Gasteiger partial charge in [-0.1, -0.05) is 18.2 Å². The summed E-state index contributed by atoms with van der Waals surface area (Å²) >= 11 is 0. The molecular formula is C23H34IN5O2. The topological polar surface area (TPSA) is 78.9 Å². The van der Waals surface area contributed by atoms with Crippen LogP contribution in [0.5, 0.6) is 5.75 Å². The Labute approximate surface area is 202 Å². The third-order valence-electron chi connectivity index (χ3n) is 4.52. The third-order valence-corrected chi connectivity index (χ3v) is 4.52. The lowest BCUT2D eigenvalue weighted by molar-refractivity contribution is -0.128. The zero-order valence-corrected chi connectivity index (χ0v) is 21.3. The fourth-order valence-electron chi connectivity index (χ4n) is 2.82. The lowest BCUT2D eigenvalue weighted by atomic mass is 10.1. The van der Waals surface area contributed by atoms with Crippen molar-refractivity contribution in [1.29, 1.82) is 0 Å². The maximum Gasteiger partial charge on any atom is 0.241 e. The number of hydrogen-bond acceptors (Lipinski definition) is 4. The van der Waals surface area contributed by atoms with Crippen molar-refractivity contribution in [2.45, 2.75) is 39.8 Å². The Kier molecular flexibility index (Phi) is 11.9. The zero-order valence-electron chi connectivity index (χ0n) is 19.0. The minimum atomic E-state index is -0.00644. The number of aromatic nitrogens is 1. The molecule has 0 atom stereocenters. The number of halogens is 1. The number of ether oxygens (including phenoxy) is 1. The summed E-state index contributed by atoms with van der Waals surface area (Å²) in [5.41, 5.74) is 3.16. The smallest absolute Gasteiger partial charge is 0.241 e. The van der Waals surface area contributed by atoms with Crippen LogP contribution in [0.25, 0.3) is 0 Å². The summed E-state index contributed by atoms with van der Waals surface area (Å²) in [5.74, 6) is 1.42. The van der Waals surface area contributed by atoms with Gasteiger partial charge in [-0.3, -0.25) is 14.8 Å². The molecule has 1 aromatic heterocycles. The molecule has 1 aromatic carbocycles. The molecule has 2 aromatic rings. The van der Waals surface area contributed by atoms with Crippen LogP contribution in [0.15, 0.2) is 47.6 Å². The molecule has 0 fully saturated rings. The number of rotatable bonds is 9. The summed E-state index contributed by atoms with van der Waals surface area (Å²) < 4.78 is 5.92. The molecule has 0 unspecified atom stereocenters. The average molecular weight is 539 g/mol. The van der Waals surface area contributed by atoms with E-state index in [-0.39, 0.29) is 42.5 Å². The molecule has 1 heterocycles. The maximum absolute atomic E-state index is 12.4. The van der Waals surface area contributed by atoms with Crippen LogP contribution in [0, 0.1) is 6.92 Å². The van der Waals surface area contributed by atoms with E-state index >= 15 is 0 Å². The number of nitrogens with zero attached hydrogens (tertiary/aromatic N) is 3. The van der Waals surface area contributed by atoms with Gasteiger partial charge in [-0.15, -0.1) is 24.0 Å². The highest BCUT2D eigenvalue weighted by Crippen LogP contribution is 2.21. The van der Waals surface area contributed by atoms with Gasteiger partial charge in [0.1, 0.15) is 5.75 Å². The second-order valence-corrected chi connectivity index (χ2v) is 7.44. The SMILES string of the molecule is CN=C(NCC(=O)N(C)CCc1ccccn1)NCc1ccc(C)cc1OC(C)C.I. The molecule has 0 bridgehead atoms. The van der Waals surface area contributed by atoms with Crippen molar-refractivity contribution in [1.82, 2.24) is 20.5 Å². The first-order valence-electron chi connectivity index (χ1n) is 10.2. The Morgan fingerprint density at radius 1 is 1.23 bits per heavy atom. The van der Waals surface area contributed by atoms with Gasteiger partial charge >= 0.3 is 0 Å². The van der Waals surface area contributed by atoms with E-state index in [4.69, 9.17) is 4.74 Å². The van der Waals surface area contributed by atoms with Gasteiger partial charge in [0.2, 0.25) is 5.91 Å². The van der Waals surface area contributed by atoms with Crippen LogP contribution >= 0.6 is 24.0 Å². The van der Waals surface area contributed by atoms with Gasteiger partial charge < -0.3 is 20.3 Å². The highest BCUT2D eigenvalue weighted by Gasteiger charge is 2.11. The first kappa shape index (κ1) is 26.7. The zero-order chi connectivity index (χ0) is 21.9. The van der Waals surface area contributed by atoms with Crippen LogP contribution < -0.4 is 15.4 Å². The molecule has 0 spiro atoms. The molecular weight excluding hydrogens is 505 g/mol. The van der Waals surface area contributed by atoms with E-state index in [1.165, 1.54) is 0 Å². The second-order valence-electron chi connectivity index (χ2n) is 7.44. The standard InChI is InChI=1S/C23H33N5O2.HI/c1-17(2)30-21-14-18(3)9-10-19(21)15-26-23(24-4)27-16-22(29)28(5)13-11-20-8-6-7-12-25-20;/h6-10,12,14,17H,11,13,15-16H2,1-5H3,(H2,24,26,27);1H. The molecule has 0 radical (unpaired) electrons. The highest BCUT2D eigenvalue weighted by molar-refractivity contribution is 14.0. The number of benzene rings is 1. The molecule has 0 aliphatic carbocycles. The van der Waals surface area contributed by atoms with E-state index in [1.807, 2.05) is 51.1 Å². The van der Waals surface area contributed by atoms with E-state index in [1.54, 1.807) is 25.2 Å². The summed E-state index contributed by atoms with van der Waals surface area (Å²) in [6.45, 7) is 7.39. The summed E-state index contributed by atoms with van der Waals surface area (Å²) in [6, 6.07) is 11.9. The van der Waals surface area contributed by atoms with Crippen LogP contribution in [0.4, 0.5) is 0 Å². The molecule has 0 saturated heterocycles. The van der Waals surface area contributed by atoms with E-state index in [2.05, 4.69) is 26.7 Å². The van der Waals surface area contributed by atoms with Crippen LogP contribution in [0.1, 0.15) is 30.7 Å². The Balaban J connectivity index is 0.00000480. The van der Waals surface area contributed by atoms with E-state index in [0.717, 1.165) is 29.0 Å². The fraction of sp³-hybridized carbons (Fsp3) is 0.435. The minimum absolute atomic E-state index is 0. The van der Waals surface area contributed by atoms with E-state index in [9.17, 15) is 4.79 Å². The van der Waals surface area contributed by atoms with Crippen LogP contribution in [0.2, 0.25) is 0 Å². The lowest BCUT2D eigenvalue weighted by Crippen LogP contribution is -2.43. The monoisotopic (exact) mass is 539 g/mol. The fourth-order valence-corrected chi connectivity index (χ4v) is 2.82. The van der Waals surface area contributed by atoms with Crippen molar-refractivity contribution >= 4 is 35.8 Å². The van der Waals surface area contributed by atoms with Gasteiger partial charge in [0, 0.05) is 51.1 Å². The summed E-state index contributed by atoms with van der Waals surface area (Å²) in [5, 5.41) is 6.33. The predicted octanol–water partition coefficient (Wildman–Crippen LogP) is 3.16. The largest absolute Gasteiger partial charge is 0.491 e. The molecule has 7 nitrogen and oxygen atoms in total. The first-order valence-corrected chi connectivity index (χ1v) is 10.2. The van der Waals surface area contributed by atoms with Crippen molar-refractivity contribution < 1.29 is 9.53 Å².